The molecule has 0 radical (unpaired) electrons. The molecule has 0 aliphatic carbocycles. The fourth-order valence-electron chi connectivity index (χ4n) is 4.88. The molecule has 10 nitrogen and oxygen atoms in total. The number of benzene rings is 2. The van der Waals surface area contributed by atoms with Crippen molar-refractivity contribution >= 4 is 22.7 Å². The smallest absolute Gasteiger partial charge is 0.409 e. The number of likely N-dealkylation sites (N-methyl/N-ethyl adjacent to an activating group) is 1. The number of nitrogens with zero attached hydrogens (tertiary/aromatic N) is 3. The molecule has 1 fully saturated rings. The lowest BCUT2D eigenvalue weighted by atomic mass is 9.96. The van der Waals surface area contributed by atoms with Gasteiger partial charge in [-0.25, -0.2) is 4.79 Å². The lowest BCUT2D eigenvalue weighted by molar-refractivity contribution is 0.134. The van der Waals surface area contributed by atoms with Crippen molar-refractivity contribution in [3.8, 4) is 34.1 Å². The number of hydrogen-bond acceptors (Lipinski definition) is 9. The number of aromatic nitrogens is 1. The maximum atomic E-state index is 12.0. The number of carbonyl (C=O) groups excluding carboxylic acids is 1. The number of methoxy groups -OCH3 is 3. The molecule has 2 aromatic carbocycles. The van der Waals surface area contributed by atoms with Crippen molar-refractivity contribution in [1.29, 1.82) is 0 Å². The third-order valence-electron chi connectivity index (χ3n) is 6.71. The average molecular weight is 479 g/mol. The normalized spacial score (nSPS) is 18.8. The van der Waals surface area contributed by atoms with E-state index in [9.17, 15) is 4.79 Å². The van der Waals surface area contributed by atoms with Gasteiger partial charge in [0.15, 0.2) is 29.2 Å². The van der Waals surface area contributed by atoms with Gasteiger partial charge >= 0.3 is 6.09 Å². The number of anilines is 1. The molecule has 0 saturated carbocycles. The zero-order valence-corrected chi connectivity index (χ0v) is 19.9. The first kappa shape index (κ1) is 21.6. The minimum absolute atomic E-state index is 0.162. The molecule has 0 N–H and O–H groups in total. The third kappa shape index (κ3) is 3.35. The maximum absolute atomic E-state index is 12.0. The highest BCUT2D eigenvalue weighted by atomic mass is 16.7. The summed E-state index contributed by atoms with van der Waals surface area (Å²) < 4.78 is 33.5. The molecule has 6 rings (SSSR count). The lowest BCUT2D eigenvalue weighted by Gasteiger charge is -2.28. The van der Waals surface area contributed by atoms with Gasteiger partial charge in [0.25, 0.3) is 0 Å². The van der Waals surface area contributed by atoms with Gasteiger partial charge in [-0.2, -0.15) is 0 Å². The second-order valence-electron chi connectivity index (χ2n) is 8.57. The van der Waals surface area contributed by atoms with Crippen molar-refractivity contribution in [2.45, 2.75) is 12.3 Å². The Bertz CT molecular complexity index is 1340. The number of carbonyl (C=O) groups is 1. The molecule has 3 aliphatic rings. The summed E-state index contributed by atoms with van der Waals surface area (Å²) in [4.78, 5) is 20.5. The van der Waals surface area contributed by atoms with Crippen molar-refractivity contribution in [2.24, 2.45) is 0 Å². The van der Waals surface area contributed by atoms with Gasteiger partial charge in [-0.3, -0.25) is 4.98 Å². The Morgan fingerprint density at radius 1 is 1.09 bits per heavy atom. The Morgan fingerprint density at radius 3 is 2.57 bits per heavy atom. The van der Waals surface area contributed by atoms with Crippen molar-refractivity contribution in [1.82, 2.24) is 9.88 Å². The average Bonchev–Trinajstić information content (AvgIpc) is 3.55. The van der Waals surface area contributed by atoms with E-state index in [1.165, 1.54) is 7.11 Å². The molecule has 1 amide bonds. The highest BCUT2D eigenvalue weighted by Crippen LogP contribution is 2.56. The number of epoxide rings is 1. The van der Waals surface area contributed by atoms with Crippen LogP contribution < -0.4 is 23.8 Å². The van der Waals surface area contributed by atoms with Crippen LogP contribution in [0.5, 0.6) is 23.0 Å². The van der Waals surface area contributed by atoms with Crippen LogP contribution in [0.1, 0.15) is 11.7 Å². The molecule has 182 valence electrons. The van der Waals surface area contributed by atoms with E-state index in [-0.39, 0.29) is 19.1 Å². The fraction of sp³-hybridized carbons (Fsp3) is 0.360. The maximum Gasteiger partial charge on any atom is 0.409 e. The van der Waals surface area contributed by atoms with Gasteiger partial charge < -0.3 is 38.2 Å². The standard InChI is InChI=1S/C25H25N3O7/c1-27(25(29)32-4)5-6-28-22-15-9-20-21(34-12-33-20)10-17(15)26-11-16(22)13-7-18(30-2)19(31-3)8-14(13)23-24(28)35-23/h7-11,23-24H,5-6,12H2,1-4H3. The molecule has 4 heterocycles. The number of amides is 1. The van der Waals surface area contributed by atoms with Gasteiger partial charge in [-0.1, -0.05) is 0 Å². The van der Waals surface area contributed by atoms with E-state index in [0.717, 1.165) is 33.3 Å². The van der Waals surface area contributed by atoms with E-state index >= 15 is 0 Å². The topological polar surface area (TPSA) is 95.1 Å². The van der Waals surface area contributed by atoms with E-state index < -0.39 is 6.09 Å². The van der Waals surface area contributed by atoms with Crippen LogP contribution >= 0.6 is 0 Å². The van der Waals surface area contributed by atoms with Crippen molar-refractivity contribution in [3.63, 3.8) is 0 Å². The fourth-order valence-corrected chi connectivity index (χ4v) is 4.88. The number of rotatable bonds is 5. The van der Waals surface area contributed by atoms with E-state index in [0.29, 0.717) is 36.1 Å². The minimum atomic E-state index is -0.394. The summed E-state index contributed by atoms with van der Waals surface area (Å²) in [5, 5.41) is 0.907. The first-order valence-electron chi connectivity index (χ1n) is 11.2. The monoisotopic (exact) mass is 479 g/mol. The molecule has 0 bridgehead atoms. The molecule has 3 aromatic rings. The molecule has 10 heteroatoms. The van der Waals surface area contributed by atoms with Crippen LogP contribution in [0.25, 0.3) is 22.0 Å². The van der Waals surface area contributed by atoms with E-state index in [2.05, 4.69) is 4.90 Å². The first-order valence-corrected chi connectivity index (χ1v) is 11.2. The Hall–Kier alpha value is -3.92. The van der Waals surface area contributed by atoms with Gasteiger partial charge in [-0.05, 0) is 29.3 Å². The largest absolute Gasteiger partial charge is 0.493 e. The quantitative estimate of drug-likeness (QED) is 0.509. The van der Waals surface area contributed by atoms with Gasteiger partial charge in [0.2, 0.25) is 6.79 Å². The number of ether oxygens (including phenoxy) is 6. The number of hydrogen-bond donors (Lipinski definition) is 0. The summed E-state index contributed by atoms with van der Waals surface area (Å²) in [7, 11) is 6.32. The summed E-state index contributed by atoms with van der Waals surface area (Å²) in [5.74, 6) is 2.60. The zero-order chi connectivity index (χ0) is 24.3. The molecule has 0 spiro atoms. The molecule has 35 heavy (non-hydrogen) atoms. The van der Waals surface area contributed by atoms with Crippen LogP contribution in [0.15, 0.2) is 30.5 Å². The molecule has 2 atom stereocenters. The SMILES string of the molecule is COC(=O)N(C)CCN1c2c(cnc3cc4c(cc23)OCO4)-c2cc(OC)c(OC)cc2C2OC21. The third-order valence-corrected chi connectivity index (χ3v) is 6.71. The summed E-state index contributed by atoms with van der Waals surface area (Å²) in [6.07, 6.45) is 1.10. The van der Waals surface area contributed by atoms with Crippen LogP contribution in [0, 0.1) is 0 Å². The molecular formula is C25H25N3O7. The van der Waals surface area contributed by atoms with E-state index in [4.69, 9.17) is 33.4 Å². The summed E-state index contributed by atoms with van der Waals surface area (Å²) in [6, 6.07) is 7.79. The predicted octanol–water partition coefficient (Wildman–Crippen LogP) is 3.56. The Balaban J connectivity index is 1.55. The van der Waals surface area contributed by atoms with Crippen LogP contribution in [0.2, 0.25) is 0 Å². The summed E-state index contributed by atoms with van der Waals surface area (Å²) in [5.41, 5.74) is 4.62. The highest BCUT2D eigenvalue weighted by molar-refractivity contribution is 6.03. The van der Waals surface area contributed by atoms with Crippen LogP contribution in [-0.4, -0.2) is 70.5 Å². The zero-order valence-electron chi connectivity index (χ0n) is 19.9. The first-order chi connectivity index (χ1) is 17.0. The second kappa shape index (κ2) is 8.09. The summed E-state index contributed by atoms with van der Waals surface area (Å²) >= 11 is 0. The van der Waals surface area contributed by atoms with Crippen LogP contribution in [-0.2, 0) is 9.47 Å². The Labute approximate surface area is 201 Å². The molecule has 1 saturated heterocycles. The van der Waals surface area contributed by atoms with Gasteiger partial charge in [-0.15, -0.1) is 0 Å². The minimum Gasteiger partial charge on any atom is -0.493 e. The van der Waals surface area contributed by atoms with Crippen LogP contribution in [0.3, 0.4) is 0 Å². The summed E-state index contributed by atoms with van der Waals surface area (Å²) in [6.45, 7) is 1.14. The van der Waals surface area contributed by atoms with Gasteiger partial charge in [0.05, 0.1) is 32.5 Å². The second-order valence-corrected chi connectivity index (χ2v) is 8.57. The molecule has 1 aromatic heterocycles. The number of fused-ring (bicyclic) bond motifs is 8. The van der Waals surface area contributed by atoms with Crippen molar-refractivity contribution in [3.05, 3.63) is 36.0 Å². The molecule has 3 aliphatic heterocycles. The van der Waals surface area contributed by atoms with Gasteiger partial charge in [0.1, 0.15) is 6.10 Å². The van der Waals surface area contributed by atoms with Crippen molar-refractivity contribution in [2.75, 3.05) is 53.2 Å². The highest BCUT2D eigenvalue weighted by Gasteiger charge is 2.50. The molecule has 2 unspecified atom stereocenters. The van der Waals surface area contributed by atoms with E-state index in [1.54, 1.807) is 26.2 Å². The lowest BCUT2D eigenvalue weighted by Crippen LogP contribution is -2.38. The Kier molecular flexibility index (Phi) is 4.99. The van der Waals surface area contributed by atoms with E-state index in [1.807, 2.05) is 30.5 Å². The predicted molar refractivity (Wildman–Crippen MR) is 126 cm³/mol. The Morgan fingerprint density at radius 2 is 1.83 bits per heavy atom. The van der Waals surface area contributed by atoms with Gasteiger partial charge in [0, 0.05) is 43.4 Å². The number of pyridine rings is 1. The molecular weight excluding hydrogens is 454 g/mol. The van der Waals surface area contributed by atoms with Crippen LogP contribution in [0.4, 0.5) is 10.5 Å². The van der Waals surface area contributed by atoms with Crippen molar-refractivity contribution < 1.29 is 33.2 Å².